The van der Waals surface area contributed by atoms with Crippen LogP contribution in [0.3, 0.4) is 0 Å². The molecule has 0 bridgehead atoms. The first-order valence-electron chi connectivity index (χ1n) is 10.1. The summed E-state index contributed by atoms with van der Waals surface area (Å²) >= 11 is 0. The van der Waals surface area contributed by atoms with Crippen LogP contribution in [0.2, 0.25) is 0 Å². The molecule has 0 aliphatic carbocycles. The lowest BCUT2D eigenvalue weighted by molar-refractivity contribution is 1.48. The molecule has 0 spiro atoms. The molecule has 0 heterocycles. The van der Waals surface area contributed by atoms with Crippen LogP contribution in [0.1, 0.15) is 0 Å². The highest BCUT2D eigenvalue weighted by Crippen LogP contribution is 2.54. The monoisotopic (exact) mass is 413 g/mol. The van der Waals surface area contributed by atoms with E-state index in [4.69, 9.17) is 0 Å². The maximum absolute atomic E-state index is 2.52. The summed E-state index contributed by atoms with van der Waals surface area (Å²) in [6.07, 6.45) is 2.42. The fourth-order valence-electron chi connectivity index (χ4n) is 3.84. The molecular weight excluding hydrogens is 386 g/mol. The van der Waals surface area contributed by atoms with Crippen LogP contribution in [-0.2, 0) is 0 Å². The summed E-state index contributed by atoms with van der Waals surface area (Å²) < 4.78 is 0. The summed E-state index contributed by atoms with van der Waals surface area (Å²) in [4.78, 5) is 0. The van der Waals surface area contributed by atoms with Gasteiger partial charge in [-0.15, -0.1) is 0 Å². The molecule has 0 aromatic heterocycles. The van der Waals surface area contributed by atoms with E-state index < -0.39 is 7.26 Å². The number of benzene rings is 4. The van der Waals surface area contributed by atoms with Crippen molar-refractivity contribution < 1.29 is 0 Å². The molecule has 0 nitrogen and oxygen atoms in total. The molecule has 0 radical (unpaired) electrons. The van der Waals surface area contributed by atoms with Gasteiger partial charge in [-0.25, -0.2) is 0 Å². The first-order valence-corrected chi connectivity index (χ1v) is 14.1. The van der Waals surface area contributed by atoms with E-state index in [2.05, 4.69) is 128 Å². The Bertz CT molecular complexity index is 920. The average Bonchev–Trinajstić information content (AvgIpc) is 2.81. The van der Waals surface area contributed by atoms with Crippen molar-refractivity contribution in [3.63, 3.8) is 0 Å². The van der Waals surface area contributed by atoms with Gasteiger partial charge in [0.05, 0.1) is 30.7 Å². The van der Waals surface area contributed by atoms with E-state index in [0.29, 0.717) is 0 Å². The molecule has 0 atom stereocenters. The Morgan fingerprint density at radius 1 is 0.517 bits per heavy atom. The Balaban J connectivity index is 1.70. The molecule has 0 amide bonds. The number of hydrogen-bond donors (Lipinski definition) is 0. The van der Waals surface area contributed by atoms with Gasteiger partial charge in [-0.3, -0.25) is 0 Å². The summed E-state index contributed by atoms with van der Waals surface area (Å²) in [5, 5.41) is 5.95. The van der Waals surface area contributed by atoms with Crippen LogP contribution in [0.15, 0.2) is 121 Å². The molecule has 144 valence electrons. The van der Waals surface area contributed by atoms with Gasteiger partial charge in [0.2, 0.25) is 0 Å². The molecule has 0 unspecified atom stereocenters. The highest BCUT2D eigenvalue weighted by atomic mass is 31.2. The Morgan fingerprint density at radius 2 is 0.862 bits per heavy atom. The van der Waals surface area contributed by atoms with E-state index in [9.17, 15) is 0 Å². The van der Waals surface area contributed by atoms with E-state index in [-0.39, 0.29) is 7.92 Å². The lowest BCUT2D eigenvalue weighted by Crippen LogP contribution is -2.26. The Morgan fingerprint density at radius 3 is 1.24 bits per heavy atom. The van der Waals surface area contributed by atoms with Gasteiger partial charge in [-0.2, -0.15) is 0 Å². The standard InChI is InChI=1S/C27H27P2/c1-29(26-18-10-4-11-19-26,27-20-12-5-13-21-27)23-22-28(24-14-6-2-7-15-24)25-16-8-3-9-17-25/h2-21H,22-23H2,1H3/q+1. The lowest BCUT2D eigenvalue weighted by atomic mass is 10.4. The lowest BCUT2D eigenvalue weighted by Gasteiger charge is -2.26. The van der Waals surface area contributed by atoms with Gasteiger partial charge in [0.15, 0.2) is 0 Å². The molecule has 0 fully saturated rings. The fourth-order valence-corrected chi connectivity index (χ4v) is 10.6. The van der Waals surface area contributed by atoms with Crippen LogP contribution < -0.4 is 21.2 Å². The molecule has 2 heteroatoms. The van der Waals surface area contributed by atoms with Crippen LogP contribution in [0.25, 0.3) is 0 Å². The van der Waals surface area contributed by atoms with Gasteiger partial charge < -0.3 is 0 Å². The van der Waals surface area contributed by atoms with Crippen LogP contribution in [0.4, 0.5) is 0 Å². The van der Waals surface area contributed by atoms with Crippen molar-refractivity contribution in [3.05, 3.63) is 121 Å². The van der Waals surface area contributed by atoms with Gasteiger partial charge >= 0.3 is 0 Å². The van der Waals surface area contributed by atoms with Crippen LogP contribution >= 0.6 is 15.2 Å². The third kappa shape index (κ3) is 4.67. The first kappa shape index (κ1) is 20.0. The molecule has 0 N–H and O–H groups in total. The van der Waals surface area contributed by atoms with E-state index in [1.54, 1.807) is 0 Å². The molecule has 4 rings (SSSR count). The minimum absolute atomic E-state index is 0.368. The largest absolute Gasteiger partial charge is 0.0989 e. The summed E-state index contributed by atoms with van der Waals surface area (Å²) in [6, 6.07) is 44.5. The third-order valence-corrected chi connectivity index (χ3v) is 12.4. The van der Waals surface area contributed by atoms with Crippen molar-refractivity contribution in [1.82, 2.24) is 0 Å². The van der Waals surface area contributed by atoms with Gasteiger partial charge in [0.25, 0.3) is 0 Å². The predicted octanol–water partition coefficient (Wildman–Crippen LogP) is 5.42. The highest BCUT2D eigenvalue weighted by Gasteiger charge is 2.37. The molecule has 0 saturated carbocycles. The van der Waals surface area contributed by atoms with Crippen molar-refractivity contribution in [2.24, 2.45) is 0 Å². The first-order chi connectivity index (χ1) is 14.3. The van der Waals surface area contributed by atoms with E-state index in [1.807, 2.05) is 0 Å². The summed E-state index contributed by atoms with van der Waals surface area (Å²) in [5.74, 6) is 0. The maximum atomic E-state index is 2.52. The van der Waals surface area contributed by atoms with Crippen molar-refractivity contribution >= 4 is 36.4 Å². The third-order valence-electron chi connectivity index (χ3n) is 5.56. The predicted molar refractivity (Wildman–Crippen MR) is 134 cm³/mol. The Kier molecular flexibility index (Phi) is 6.56. The second-order valence-electron chi connectivity index (χ2n) is 7.41. The summed E-state index contributed by atoms with van der Waals surface area (Å²) in [5.41, 5.74) is 0. The van der Waals surface area contributed by atoms with Crippen molar-refractivity contribution in [2.45, 2.75) is 0 Å². The second kappa shape index (κ2) is 9.49. The van der Waals surface area contributed by atoms with Gasteiger partial charge in [-0.1, -0.05) is 97.1 Å². The topological polar surface area (TPSA) is 0 Å². The van der Waals surface area contributed by atoms with Crippen LogP contribution in [-0.4, -0.2) is 19.0 Å². The van der Waals surface area contributed by atoms with Gasteiger partial charge in [-0.05, 0) is 42.8 Å². The maximum Gasteiger partial charge on any atom is 0.0989 e. The molecular formula is C27H27P2+. The number of hydrogen-bond acceptors (Lipinski definition) is 0. The molecule has 0 aliphatic heterocycles. The van der Waals surface area contributed by atoms with E-state index in [1.165, 1.54) is 33.5 Å². The van der Waals surface area contributed by atoms with E-state index >= 15 is 0 Å². The number of rotatable bonds is 7. The Labute approximate surface area is 176 Å². The average molecular weight is 413 g/mol. The zero-order valence-electron chi connectivity index (χ0n) is 16.9. The molecule has 0 aliphatic rings. The fraction of sp³-hybridized carbons (Fsp3) is 0.111. The molecule has 0 saturated heterocycles. The quantitative estimate of drug-likeness (QED) is 0.355. The van der Waals surface area contributed by atoms with Gasteiger partial charge in [0, 0.05) is 6.16 Å². The molecule has 4 aromatic rings. The van der Waals surface area contributed by atoms with Crippen molar-refractivity contribution in [1.29, 1.82) is 0 Å². The van der Waals surface area contributed by atoms with Gasteiger partial charge in [0.1, 0.15) is 0 Å². The second-order valence-corrected chi connectivity index (χ2v) is 13.6. The Hall–Kier alpha value is -2.26. The normalized spacial score (nSPS) is 11.5. The minimum atomic E-state index is -1.45. The summed E-state index contributed by atoms with van der Waals surface area (Å²) in [7, 11) is -1.82. The highest BCUT2D eigenvalue weighted by molar-refractivity contribution is 7.89. The van der Waals surface area contributed by atoms with Crippen LogP contribution in [0, 0.1) is 0 Å². The van der Waals surface area contributed by atoms with Crippen molar-refractivity contribution in [3.8, 4) is 0 Å². The zero-order valence-corrected chi connectivity index (χ0v) is 18.6. The molecule has 4 aromatic carbocycles. The zero-order chi connectivity index (χ0) is 19.9. The summed E-state index contributed by atoms with van der Waals surface area (Å²) in [6.45, 7) is 2.52. The van der Waals surface area contributed by atoms with Crippen molar-refractivity contribution in [2.75, 3.05) is 19.0 Å². The minimum Gasteiger partial charge on any atom is -0.0622 e. The smallest absolute Gasteiger partial charge is 0.0622 e. The van der Waals surface area contributed by atoms with E-state index in [0.717, 1.165) is 0 Å². The molecule has 29 heavy (non-hydrogen) atoms. The SMILES string of the molecule is C[P+](CCP(c1ccccc1)c1ccccc1)(c1ccccc1)c1ccccc1. The van der Waals surface area contributed by atoms with Crippen LogP contribution in [0.5, 0.6) is 0 Å².